The number of halogens is 1. The van der Waals surface area contributed by atoms with Crippen LogP contribution in [-0.2, 0) is 12.8 Å². The number of hydrogen-bond acceptors (Lipinski definition) is 7. The van der Waals surface area contributed by atoms with E-state index in [1.165, 1.54) is 25.9 Å². The van der Waals surface area contributed by atoms with Crippen molar-refractivity contribution >= 4 is 17.6 Å². The number of aryl methyl sites for hydroxylation is 2. The molecule has 0 radical (unpaired) electrons. The van der Waals surface area contributed by atoms with Gasteiger partial charge in [0.15, 0.2) is 11.6 Å². The second-order valence-corrected chi connectivity index (χ2v) is 9.15. The SMILES string of the molecule is CCN1CCN(C2=CCCC(=Nc3ncc(CCc4cc(C(=O)NC)cc(OC)c4F)cn3)C=C2)CC1. The van der Waals surface area contributed by atoms with Gasteiger partial charge in [-0.05, 0) is 67.6 Å². The Balaban J connectivity index is 1.38. The molecule has 2 aromatic rings. The monoisotopic (exact) mass is 506 g/mol. The number of hydrogen-bond donors (Lipinski definition) is 1. The Kier molecular flexibility index (Phi) is 9.00. The Morgan fingerprint density at radius 1 is 1.14 bits per heavy atom. The lowest BCUT2D eigenvalue weighted by Crippen LogP contribution is -2.45. The molecule has 1 saturated heterocycles. The predicted molar refractivity (Wildman–Crippen MR) is 143 cm³/mol. The van der Waals surface area contributed by atoms with E-state index in [1.54, 1.807) is 18.5 Å². The lowest BCUT2D eigenvalue weighted by atomic mass is 10.0. The molecule has 0 spiro atoms. The molecule has 0 saturated carbocycles. The summed E-state index contributed by atoms with van der Waals surface area (Å²) in [6, 6.07) is 2.96. The van der Waals surface area contributed by atoms with E-state index < -0.39 is 5.82 Å². The molecule has 2 heterocycles. The number of nitrogens with zero attached hydrogens (tertiary/aromatic N) is 5. The van der Waals surface area contributed by atoms with Crippen LogP contribution in [0.1, 0.15) is 41.3 Å². The van der Waals surface area contributed by atoms with Crippen LogP contribution in [0.25, 0.3) is 0 Å². The van der Waals surface area contributed by atoms with E-state index >= 15 is 0 Å². The fraction of sp³-hybridized carbons (Fsp3) is 0.429. The zero-order valence-corrected chi connectivity index (χ0v) is 21.8. The minimum absolute atomic E-state index is 0.0517. The van der Waals surface area contributed by atoms with Gasteiger partial charge in [0.05, 0.1) is 7.11 Å². The van der Waals surface area contributed by atoms with E-state index in [0.717, 1.165) is 56.8 Å². The highest BCUT2D eigenvalue weighted by Gasteiger charge is 2.18. The summed E-state index contributed by atoms with van der Waals surface area (Å²) in [4.78, 5) is 30.4. The summed E-state index contributed by atoms with van der Waals surface area (Å²) < 4.78 is 19.9. The quantitative estimate of drug-likeness (QED) is 0.588. The lowest BCUT2D eigenvalue weighted by Gasteiger charge is -2.36. The zero-order chi connectivity index (χ0) is 26.2. The van der Waals surface area contributed by atoms with Gasteiger partial charge in [-0.15, -0.1) is 0 Å². The molecule has 0 unspecified atom stereocenters. The van der Waals surface area contributed by atoms with E-state index in [2.05, 4.69) is 55.2 Å². The number of amides is 1. The van der Waals surface area contributed by atoms with Crippen LogP contribution in [0.15, 0.2) is 53.4 Å². The van der Waals surface area contributed by atoms with Gasteiger partial charge in [0, 0.05) is 62.6 Å². The van der Waals surface area contributed by atoms with Crippen molar-refractivity contribution in [2.45, 2.75) is 32.6 Å². The van der Waals surface area contributed by atoms with E-state index in [4.69, 9.17) is 4.74 Å². The van der Waals surface area contributed by atoms with Crippen molar-refractivity contribution in [1.29, 1.82) is 0 Å². The van der Waals surface area contributed by atoms with Crippen LogP contribution >= 0.6 is 0 Å². The first-order chi connectivity index (χ1) is 18.0. The minimum atomic E-state index is -0.459. The van der Waals surface area contributed by atoms with Crippen LogP contribution in [0, 0.1) is 5.82 Å². The van der Waals surface area contributed by atoms with Gasteiger partial charge in [0.1, 0.15) is 0 Å². The first-order valence-corrected chi connectivity index (χ1v) is 12.8. The number of aliphatic imine (C=N–C) groups is 1. The maximum atomic E-state index is 14.7. The van der Waals surface area contributed by atoms with Crippen LogP contribution in [0.5, 0.6) is 5.75 Å². The number of methoxy groups -OCH3 is 1. The highest BCUT2D eigenvalue weighted by Crippen LogP contribution is 2.24. The average Bonchev–Trinajstić information content (AvgIpc) is 3.18. The number of allylic oxidation sites excluding steroid dienone is 3. The molecule has 1 fully saturated rings. The topological polar surface area (TPSA) is 83.0 Å². The van der Waals surface area contributed by atoms with Gasteiger partial charge in [-0.3, -0.25) is 4.79 Å². The van der Waals surface area contributed by atoms with E-state index in [1.807, 2.05) is 0 Å². The number of rotatable bonds is 8. The Morgan fingerprint density at radius 2 is 1.89 bits per heavy atom. The standard InChI is InChI=1S/C28H35FN6O2/c1-4-34-12-14-35(15-13-34)24-7-5-6-23(10-11-24)33-28-31-18-20(19-32-28)8-9-21-16-22(27(36)30-2)17-25(37-3)26(21)29/h7,10-11,16-19H,4-6,8-9,12-15H2,1-3H3,(H,30,36). The third-order valence-electron chi connectivity index (χ3n) is 6.83. The molecule has 1 N–H and O–H groups in total. The second kappa shape index (κ2) is 12.6. The number of carbonyl (C=O) groups is 1. The van der Waals surface area contributed by atoms with E-state index in [-0.39, 0.29) is 11.7 Å². The van der Waals surface area contributed by atoms with E-state index in [9.17, 15) is 9.18 Å². The first-order valence-electron chi connectivity index (χ1n) is 12.8. The number of piperazine rings is 1. The third-order valence-corrected chi connectivity index (χ3v) is 6.83. The molecular weight excluding hydrogens is 471 g/mol. The van der Waals surface area contributed by atoms with Gasteiger partial charge in [-0.1, -0.05) is 13.0 Å². The number of carbonyl (C=O) groups excluding carboxylic acids is 1. The highest BCUT2D eigenvalue weighted by molar-refractivity contribution is 5.97. The fourth-order valence-electron chi connectivity index (χ4n) is 4.55. The third kappa shape index (κ3) is 6.80. The molecule has 1 amide bonds. The smallest absolute Gasteiger partial charge is 0.251 e. The van der Waals surface area contributed by atoms with Crippen LogP contribution in [-0.4, -0.2) is 78.3 Å². The zero-order valence-electron chi connectivity index (χ0n) is 21.8. The van der Waals surface area contributed by atoms with Gasteiger partial charge in [0.25, 0.3) is 5.91 Å². The molecule has 2 aliphatic rings. The average molecular weight is 507 g/mol. The number of aromatic nitrogens is 2. The van der Waals surface area contributed by atoms with Crippen molar-refractivity contribution in [1.82, 2.24) is 25.1 Å². The van der Waals surface area contributed by atoms with Crippen molar-refractivity contribution in [2.75, 3.05) is 46.9 Å². The maximum absolute atomic E-state index is 14.7. The molecule has 0 bridgehead atoms. The van der Waals surface area contributed by atoms with Crippen LogP contribution in [0.4, 0.5) is 10.3 Å². The normalized spacial score (nSPS) is 17.5. The summed E-state index contributed by atoms with van der Waals surface area (Å²) in [6.07, 6.45) is 12.6. The summed E-state index contributed by atoms with van der Waals surface area (Å²) in [6.45, 7) is 7.62. The Morgan fingerprint density at radius 3 is 2.57 bits per heavy atom. The molecule has 196 valence electrons. The van der Waals surface area contributed by atoms with Crippen molar-refractivity contribution in [3.05, 3.63) is 71.0 Å². The van der Waals surface area contributed by atoms with Crippen molar-refractivity contribution < 1.29 is 13.9 Å². The molecule has 1 aliphatic carbocycles. The van der Waals surface area contributed by atoms with Crippen molar-refractivity contribution in [3.8, 4) is 5.75 Å². The highest BCUT2D eigenvalue weighted by atomic mass is 19.1. The van der Waals surface area contributed by atoms with E-state index in [0.29, 0.717) is 29.9 Å². The summed E-state index contributed by atoms with van der Waals surface area (Å²) in [7, 11) is 2.92. The fourth-order valence-corrected chi connectivity index (χ4v) is 4.55. The van der Waals surface area contributed by atoms with Crippen molar-refractivity contribution in [3.63, 3.8) is 0 Å². The number of likely N-dealkylation sites (N-methyl/N-ethyl adjacent to an activating group) is 1. The predicted octanol–water partition coefficient (Wildman–Crippen LogP) is 3.71. The van der Waals surface area contributed by atoms with Gasteiger partial charge in [-0.25, -0.2) is 19.4 Å². The largest absolute Gasteiger partial charge is 0.494 e. The van der Waals surface area contributed by atoms with Gasteiger partial charge in [0.2, 0.25) is 5.95 Å². The summed E-state index contributed by atoms with van der Waals surface area (Å²) in [5.74, 6) is -0.284. The summed E-state index contributed by atoms with van der Waals surface area (Å²) >= 11 is 0. The molecule has 9 heteroatoms. The number of ether oxygens (including phenoxy) is 1. The minimum Gasteiger partial charge on any atom is -0.494 e. The maximum Gasteiger partial charge on any atom is 0.251 e. The molecular formula is C28H35FN6O2. The summed E-state index contributed by atoms with van der Waals surface area (Å²) in [5, 5.41) is 2.56. The summed E-state index contributed by atoms with van der Waals surface area (Å²) in [5.41, 5.74) is 3.84. The van der Waals surface area contributed by atoms with Gasteiger partial charge < -0.3 is 19.9 Å². The Hall–Kier alpha value is -3.59. The van der Waals surface area contributed by atoms with Crippen LogP contribution < -0.4 is 10.1 Å². The van der Waals surface area contributed by atoms with Gasteiger partial charge >= 0.3 is 0 Å². The second-order valence-electron chi connectivity index (χ2n) is 9.15. The molecule has 1 aromatic carbocycles. The molecule has 1 aliphatic heterocycles. The van der Waals surface area contributed by atoms with Gasteiger partial charge in [-0.2, -0.15) is 0 Å². The Labute approximate surface area is 218 Å². The molecule has 1 aromatic heterocycles. The lowest BCUT2D eigenvalue weighted by molar-refractivity contribution is 0.0962. The number of benzene rings is 1. The molecule has 8 nitrogen and oxygen atoms in total. The molecule has 0 atom stereocenters. The first kappa shape index (κ1) is 26.5. The molecule has 37 heavy (non-hydrogen) atoms. The van der Waals surface area contributed by atoms with Crippen LogP contribution in [0.2, 0.25) is 0 Å². The van der Waals surface area contributed by atoms with Crippen LogP contribution in [0.3, 0.4) is 0 Å². The number of nitrogens with one attached hydrogen (secondary N) is 1. The Bertz CT molecular complexity index is 1180. The molecule has 4 rings (SSSR count). The van der Waals surface area contributed by atoms with Crippen molar-refractivity contribution in [2.24, 2.45) is 4.99 Å².